The van der Waals surface area contributed by atoms with Crippen LogP contribution in [0.1, 0.15) is 19.4 Å². The highest BCUT2D eigenvalue weighted by Gasteiger charge is 2.16. The fourth-order valence-electron chi connectivity index (χ4n) is 1.03. The van der Waals surface area contributed by atoms with Gasteiger partial charge in [0.15, 0.2) is 5.56 Å². The number of alkyl halides is 1. The summed E-state index contributed by atoms with van der Waals surface area (Å²) < 4.78 is 9.83. The zero-order valence-electron chi connectivity index (χ0n) is 9.57. The van der Waals surface area contributed by atoms with Gasteiger partial charge in [0.05, 0.1) is 0 Å². The average Bonchev–Trinajstić information content (AvgIpc) is 2.16. The molecule has 88 valence electrons. The molecule has 1 unspecified atom stereocenters. The van der Waals surface area contributed by atoms with Crippen LogP contribution in [0, 0.1) is 12.8 Å². The van der Waals surface area contributed by atoms with Gasteiger partial charge in [-0.2, -0.15) is 0 Å². The average molecular weight is 243 g/mol. The van der Waals surface area contributed by atoms with Crippen molar-refractivity contribution >= 4 is 17.8 Å². The van der Waals surface area contributed by atoms with Crippen LogP contribution in [0.2, 0.25) is 0 Å². The van der Waals surface area contributed by atoms with Gasteiger partial charge in [-0.25, -0.2) is 4.79 Å². The normalized spacial score (nSPS) is 12.3. The lowest BCUT2D eigenvalue weighted by Gasteiger charge is -2.13. The van der Waals surface area contributed by atoms with Gasteiger partial charge in [0.1, 0.15) is 5.75 Å². The van der Waals surface area contributed by atoms with Crippen LogP contribution in [-0.2, 0) is 4.74 Å². The number of carbonyl (C=O) groups excluding carboxylic acids is 1. The molecule has 0 spiro atoms. The van der Waals surface area contributed by atoms with E-state index in [0.717, 1.165) is 5.56 Å². The van der Waals surface area contributed by atoms with Crippen molar-refractivity contribution < 1.29 is 14.3 Å². The van der Waals surface area contributed by atoms with Crippen LogP contribution in [0.15, 0.2) is 24.3 Å². The topological polar surface area (TPSA) is 35.5 Å². The van der Waals surface area contributed by atoms with Crippen molar-refractivity contribution in [1.82, 2.24) is 0 Å². The Hall–Kier alpha value is -1.22. The third-order valence-corrected chi connectivity index (χ3v) is 2.52. The maximum absolute atomic E-state index is 11.3. The van der Waals surface area contributed by atoms with Crippen LogP contribution in [0.5, 0.6) is 5.75 Å². The number of halogens is 1. The smallest absolute Gasteiger partial charge is 0.414 e. The van der Waals surface area contributed by atoms with Crippen LogP contribution in [0.4, 0.5) is 4.79 Å². The molecule has 0 N–H and O–H groups in total. The summed E-state index contributed by atoms with van der Waals surface area (Å²) in [5, 5.41) is 0. The maximum atomic E-state index is 11.3. The monoisotopic (exact) mass is 242 g/mol. The summed E-state index contributed by atoms with van der Waals surface area (Å²) in [7, 11) is 0. The van der Waals surface area contributed by atoms with Crippen LogP contribution in [0.25, 0.3) is 0 Å². The zero-order chi connectivity index (χ0) is 12.1. The molecule has 0 fully saturated rings. The van der Waals surface area contributed by atoms with Crippen molar-refractivity contribution in [3.63, 3.8) is 0 Å². The molecule has 1 aromatic rings. The van der Waals surface area contributed by atoms with E-state index in [2.05, 4.69) is 0 Å². The van der Waals surface area contributed by atoms with E-state index in [1.807, 2.05) is 26.8 Å². The number of hydrogen-bond donors (Lipinski definition) is 0. The zero-order valence-corrected chi connectivity index (χ0v) is 10.3. The standard InChI is InChI=1S/C12H15ClO3/c1-8(2)11(13)16-12(14)15-10-6-4-5-9(3)7-10/h4-8,11H,1-3H3. The van der Waals surface area contributed by atoms with E-state index in [9.17, 15) is 4.79 Å². The Balaban J connectivity index is 2.52. The largest absolute Gasteiger partial charge is 0.515 e. The first kappa shape index (κ1) is 12.8. The maximum Gasteiger partial charge on any atom is 0.515 e. The summed E-state index contributed by atoms with van der Waals surface area (Å²) >= 11 is 5.79. The fourth-order valence-corrected chi connectivity index (χ4v) is 1.10. The van der Waals surface area contributed by atoms with E-state index in [4.69, 9.17) is 21.1 Å². The SMILES string of the molecule is Cc1cccc(OC(=O)OC(Cl)C(C)C)c1. The van der Waals surface area contributed by atoms with Crippen molar-refractivity contribution in [3.8, 4) is 5.75 Å². The van der Waals surface area contributed by atoms with Crippen LogP contribution in [0.3, 0.4) is 0 Å². The molecule has 1 aromatic carbocycles. The minimum absolute atomic E-state index is 0.0479. The third kappa shape index (κ3) is 4.11. The van der Waals surface area contributed by atoms with Crippen molar-refractivity contribution in [1.29, 1.82) is 0 Å². The number of rotatable bonds is 3. The molecule has 3 nitrogen and oxygen atoms in total. The van der Waals surface area contributed by atoms with Gasteiger partial charge in [-0.1, -0.05) is 37.6 Å². The highest BCUT2D eigenvalue weighted by Crippen LogP contribution is 2.16. The molecular weight excluding hydrogens is 228 g/mol. The lowest BCUT2D eigenvalue weighted by atomic mass is 10.2. The summed E-state index contributed by atoms with van der Waals surface area (Å²) in [6.45, 7) is 5.63. The van der Waals surface area contributed by atoms with E-state index in [0.29, 0.717) is 5.75 Å². The Kier molecular flexibility index (Phi) is 4.62. The molecule has 0 aromatic heterocycles. The van der Waals surface area contributed by atoms with E-state index in [1.165, 1.54) is 0 Å². The Morgan fingerprint density at radius 1 is 1.38 bits per heavy atom. The number of ether oxygens (including phenoxy) is 2. The lowest BCUT2D eigenvalue weighted by molar-refractivity contribution is 0.0725. The predicted molar refractivity (Wildman–Crippen MR) is 62.8 cm³/mol. The van der Waals surface area contributed by atoms with Gasteiger partial charge in [0, 0.05) is 5.92 Å². The van der Waals surface area contributed by atoms with Crippen molar-refractivity contribution in [2.75, 3.05) is 0 Å². The Labute approximate surface area is 100 Å². The lowest BCUT2D eigenvalue weighted by Crippen LogP contribution is -2.20. The summed E-state index contributed by atoms with van der Waals surface area (Å²) in [4.78, 5) is 11.3. The Morgan fingerprint density at radius 2 is 2.06 bits per heavy atom. The highest BCUT2D eigenvalue weighted by molar-refractivity contribution is 6.20. The molecule has 16 heavy (non-hydrogen) atoms. The third-order valence-electron chi connectivity index (χ3n) is 1.92. The molecular formula is C12H15ClO3. The highest BCUT2D eigenvalue weighted by atomic mass is 35.5. The van der Waals surface area contributed by atoms with Crippen LogP contribution in [-0.4, -0.2) is 11.7 Å². The number of benzene rings is 1. The molecule has 0 saturated carbocycles. The van der Waals surface area contributed by atoms with Gasteiger partial charge in [-0.05, 0) is 24.6 Å². The second kappa shape index (κ2) is 5.75. The minimum Gasteiger partial charge on any atom is -0.414 e. The molecule has 0 saturated heterocycles. The number of carbonyl (C=O) groups is 1. The van der Waals surface area contributed by atoms with E-state index in [1.54, 1.807) is 18.2 Å². The quantitative estimate of drug-likeness (QED) is 0.460. The van der Waals surface area contributed by atoms with Gasteiger partial charge in [0.2, 0.25) is 0 Å². The Bertz CT molecular complexity index is 363. The van der Waals surface area contributed by atoms with Crippen LogP contribution < -0.4 is 4.74 Å². The molecule has 0 heterocycles. The van der Waals surface area contributed by atoms with Crippen molar-refractivity contribution in [2.45, 2.75) is 26.3 Å². The first-order valence-electron chi connectivity index (χ1n) is 5.08. The molecule has 0 radical (unpaired) electrons. The second-order valence-electron chi connectivity index (χ2n) is 3.88. The summed E-state index contributed by atoms with van der Waals surface area (Å²) in [5.41, 5.74) is 0.342. The first-order chi connectivity index (χ1) is 7.49. The molecule has 0 aliphatic rings. The first-order valence-corrected chi connectivity index (χ1v) is 5.52. The molecule has 1 rings (SSSR count). The van der Waals surface area contributed by atoms with Crippen LogP contribution >= 0.6 is 11.6 Å². The molecule has 0 bridgehead atoms. The van der Waals surface area contributed by atoms with Gasteiger partial charge in [-0.15, -0.1) is 0 Å². The van der Waals surface area contributed by atoms with Gasteiger partial charge < -0.3 is 9.47 Å². The number of aryl methyl sites for hydroxylation is 1. The van der Waals surface area contributed by atoms with Gasteiger partial charge >= 0.3 is 6.16 Å². The fraction of sp³-hybridized carbons (Fsp3) is 0.417. The second-order valence-corrected chi connectivity index (χ2v) is 4.31. The van der Waals surface area contributed by atoms with Gasteiger partial charge in [-0.3, -0.25) is 0 Å². The number of hydrogen-bond acceptors (Lipinski definition) is 3. The molecule has 1 atom stereocenters. The van der Waals surface area contributed by atoms with E-state index >= 15 is 0 Å². The van der Waals surface area contributed by atoms with E-state index < -0.39 is 11.7 Å². The summed E-state index contributed by atoms with van der Waals surface area (Å²) in [6.07, 6.45) is -0.778. The summed E-state index contributed by atoms with van der Waals surface area (Å²) in [6, 6.07) is 7.15. The van der Waals surface area contributed by atoms with Gasteiger partial charge in [0.25, 0.3) is 0 Å². The molecule has 0 aliphatic carbocycles. The summed E-state index contributed by atoms with van der Waals surface area (Å²) in [5.74, 6) is 0.504. The molecule has 0 amide bonds. The van der Waals surface area contributed by atoms with E-state index in [-0.39, 0.29) is 5.92 Å². The Morgan fingerprint density at radius 3 is 2.62 bits per heavy atom. The minimum atomic E-state index is -0.778. The molecule has 4 heteroatoms. The predicted octanol–water partition coefficient (Wildman–Crippen LogP) is 3.73. The molecule has 0 aliphatic heterocycles. The van der Waals surface area contributed by atoms with Crippen molar-refractivity contribution in [3.05, 3.63) is 29.8 Å². The van der Waals surface area contributed by atoms with Crippen molar-refractivity contribution in [2.24, 2.45) is 5.92 Å².